The summed E-state index contributed by atoms with van der Waals surface area (Å²) in [6.45, 7) is 0.953. The summed E-state index contributed by atoms with van der Waals surface area (Å²) < 4.78 is 41.2. The van der Waals surface area contributed by atoms with Crippen LogP contribution in [0.1, 0.15) is 33.2 Å². The molecular weight excluding hydrogens is 459 g/mol. The second kappa shape index (κ2) is 8.81. The third-order valence-corrected chi connectivity index (χ3v) is 6.45. The van der Waals surface area contributed by atoms with E-state index in [9.17, 15) is 22.8 Å². The highest BCUT2D eigenvalue weighted by atomic mass is 35.5. The molecule has 3 unspecified atom stereocenters. The van der Waals surface area contributed by atoms with Gasteiger partial charge in [0.25, 0.3) is 5.91 Å². The molecule has 1 aliphatic carbocycles. The lowest BCUT2D eigenvalue weighted by atomic mass is 9.77. The van der Waals surface area contributed by atoms with Gasteiger partial charge >= 0.3 is 6.18 Å². The molecule has 0 spiro atoms. The van der Waals surface area contributed by atoms with Crippen LogP contribution in [-0.2, 0) is 11.2 Å². The zero-order valence-electron chi connectivity index (χ0n) is 18.0. The van der Waals surface area contributed by atoms with Gasteiger partial charge in [-0.05, 0) is 42.7 Å². The van der Waals surface area contributed by atoms with Crippen LogP contribution in [-0.4, -0.2) is 59.5 Å². The Labute approximate surface area is 193 Å². The lowest BCUT2D eigenvalue weighted by molar-refractivity contribution is -0.180. The second-order valence-electron chi connectivity index (χ2n) is 8.43. The van der Waals surface area contributed by atoms with E-state index in [1.165, 1.54) is 11.0 Å². The van der Waals surface area contributed by atoms with Gasteiger partial charge in [0.05, 0.1) is 11.8 Å². The first-order valence-corrected chi connectivity index (χ1v) is 10.9. The number of carbonyl (C=O) groups excluding carboxylic acids is 2. The van der Waals surface area contributed by atoms with Gasteiger partial charge in [-0.2, -0.15) is 13.2 Å². The molecule has 3 atom stereocenters. The highest BCUT2D eigenvalue weighted by Gasteiger charge is 2.51. The monoisotopic (exact) mass is 481 g/mol. The summed E-state index contributed by atoms with van der Waals surface area (Å²) in [5.41, 5.74) is 2.36. The van der Waals surface area contributed by atoms with Crippen LogP contribution in [0, 0.1) is 18.8 Å². The smallest absolute Gasteiger partial charge is 0.357 e. The molecule has 2 N–H and O–H groups in total. The minimum Gasteiger partial charge on any atom is -0.357 e. The van der Waals surface area contributed by atoms with Gasteiger partial charge in [0.2, 0.25) is 11.9 Å². The van der Waals surface area contributed by atoms with Crippen molar-refractivity contribution in [1.82, 2.24) is 20.2 Å². The molecule has 2 heterocycles. The van der Waals surface area contributed by atoms with Crippen LogP contribution in [0.4, 0.5) is 19.1 Å². The van der Waals surface area contributed by atoms with Gasteiger partial charge in [-0.3, -0.25) is 9.59 Å². The quantitative estimate of drug-likeness (QED) is 0.685. The number of nitrogens with one attached hydrogen (secondary N) is 2. The SMILES string of the molecule is CNc1nc(C)cc(C(=O)NCC2CN(C(=O)C3Cc4ccc(Cl)cc43)CC2C(F)(F)F)n1. The summed E-state index contributed by atoms with van der Waals surface area (Å²) >= 11 is 6.01. The number of hydrogen-bond acceptors (Lipinski definition) is 5. The maximum Gasteiger partial charge on any atom is 0.393 e. The Kier molecular flexibility index (Phi) is 6.22. The van der Waals surface area contributed by atoms with Crippen LogP contribution in [0.15, 0.2) is 24.3 Å². The maximum absolute atomic E-state index is 13.7. The van der Waals surface area contributed by atoms with Gasteiger partial charge in [-0.1, -0.05) is 17.7 Å². The molecule has 0 radical (unpaired) electrons. The first-order valence-electron chi connectivity index (χ1n) is 10.5. The van der Waals surface area contributed by atoms with Crippen LogP contribution in [0.3, 0.4) is 0 Å². The van der Waals surface area contributed by atoms with E-state index in [0.29, 0.717) is 17.1 Å². The molecule has 2 amide bonds. The van der Waals surface area contributed by atoms with Crippen LogP contribution in [0.2, 0.25) is 5.02 Å². The number of fused-ring (bicyclic) bond motifs is 1. The molecule has 7 nitrogen and oxygen atoms in total. The van der Waals surface area contributed by atoms with Crippen molar-refractivity contribution in [3.8, 4) is 0 Å². The standard InChI is InChI=1S/C22H23ClF3N5O2/c1-11-5-18(30-21(27-2)29-11)19(32)28-8-13-9-31(10-17(13)22(24,25)26)20(33)16-6-12-3-4-14(23)7-15(12)16/h3-5,7,13,16-17H,6,8-10H2,1-2H3,(H,28,32)(H,27,29,30). The summed E-state index contributed by atoms with van der Waals surface area (Å²) in [6.07, 6.45) is -4.00. The third kappa shape index (κ3) is 4.75. The van der Waals surface area contributed by atoms with Gasteiger partial charge in [0.1, 0.15) is 5.69 Å². The number of alkyl halides is 3. The highest BCUT2D eigenvalue weighted by Crippen LogP contribution is 2.42. The van der Waals surface area contributed by atoms with Crippen LogP contribution in [0.5, 0.6) is 0 Å². The molecule has 1 fully saturated rings. The number of amides is 2. The number of aryl methyl sites for hydroxylation is 1. The van der Waals surface area contributed by atoms with Gasteiger partial charge in [-0.25, -0.2) is 9.97 Å². The van der Waals surface area contributed by atoms with E-state index in [2.05, 4.69) is 20.6 Å². The summed E-state index contributed by atoms with van der Waals surface area (Å²) in [5.74, 6) is -3.84. The van der Waals surface area contributed by atoms with E-state index in [1.807, 2.05) is 6.07 Å². The van der Waals surface area contributed by atoms with Crippen LogP contribution in [0.25, 0.3) is 0 Å². The number of benzene rings is 1. The number of aromatic nitrogens is 2. The minimum atomic E-state index is -4.49. The molecule has 4 rings (SSSR count). The Morgan fingerprint density at radius 1 is 1.21 bits per heavy atom. The van der Waals surface area contributed by atoms with E-state index in [4.69, 9.17) is 11.6 Å². The fourth-order valence-corrected chi connectivity index (χ4v) is 4.64. The molecule has 176 valence electrons. The van der Waals surface area contributed by atoms with Crippen molar-refractivity contribution in [3.05, 3.63) is 51.8 Å². The molecule has 1 aliphatic heterocycles. The van der Waals surface area contributed by atoms with Gasteiger partial charge in [-0.15, -0.1) is 0 Å². The molecule has 11 heteroatoms. The largest absolute Gasteiger partial charge is 0.393 e. The fraction of sp³-hybridized carbons (Fsp3) is 0.455. The average Bonchev–Trinajstić information content (AvgIpc) is 3.18. The molecule has 1 aromatic heterocycles. The highest BCUT2D eigenvalue weighted by molar-refractivity contribution is 6.30. The predicted octanol–water partition coefficient (Wildman–Crippen LogP) is 3.19. The normalized spacial score (nSPS) is 21.9. The van der Waals surface area contributed by atoms with Crippen molar-refractivity contribution < 1.29 is 22.8 Å². The predicted molar refractivity (Wildman–Crippen MR) is 116 cm³/mol. The maximum atomic E-state index is 13.7. The number of nitrogens with zero attached hydrogens (tertiary/aromatic N) is 3. The Morgan fingerprint density at radius 2 is 1.97 bits per heavy atom. The third-order valence-electron chi connectivity index (χ3n) is 6.21. The van der Waals surface area contributed by atoms with E-state index in [-0.39, 0.29) is 30.6 Å². The molecule has 2 aliphatic rings. The van der Waals surface area contributed by atoms with Crippen molar-refractivity contribution in [2.45, 2.75) is 25.4 Å². The lowest BCUT2D eigenvalue weighted by Crippen LogP contribution is -2.39. The van der Waals surface area contributed by atoms with E-state index < -0.39 is 36.4 Å². The van der Waals surface area contributed by atoms with Crippen molar-refractivity contribution >= 4 is 29.4 Å². The molecule has 0 saturated carbocycles. The van der Waals surface area contributed by atoms with Gasteiger partial charge in [0.15, 0.2) is 0 Å². The molecule has 2 aromatic rings. The van der Waals surface area contributed by atoms with Crippen molar-refractivity contribution in [2.24, 2.45) is 11.8 Å². The van der Waals surface area contributed by atoms with Crippen LogP contribution >= 0.6 is 11.6 Å². The number of likely N-dealkylation sites (tertiary alicyclic amines) is 1. The number of rotatable bonds is 5. The van der Waals surface area contributed by atoms with E-state index in [1.54, 1.807) is 26.1 Å². The van der Waals surface area contributed by atoms with Crippen molar-refractivity contribution in [1.29, 1.82) is 0 Å². The Balaban J connectivity index is 1.45. The molecule has 1 aromatic carbocycles. The first-order chi connectivity index (χ1) is 15.6. The Morgan fingerprint density at radius 3 is 2.67 bits per heavy atom. The summed E-state index contributed by atoms with van der Waals surface area (Å²) in [4.78, 5) is 34.9. The molecule has 1 saturated heterocycles. The topological polar surface area (TPSA) is 87.2 Å². The zero-order chi connectivity index (χ0) is 23.9. The summed E-state index contributed by atoms with van der Waals surface area (Å²) in [5, 5.41) is 5.77. The molecule has 0 bridgehead atoms. The van der Waals surface area contributed by atoms with E-state index in [0.717, 1.165) is 11.1 Å². The first kappa shape index (κ1) is 23.3. The van der Waals surface area contributed by atoms with Gasteiger partial charge in [0, 0.05) is 43.3 Å². The number of carbonyl (C=O) groups is 2. The average molecular weight is 482 g/mol. The van der Waals surface area contributed by atoms with Crippen LogP contribution < -0.4 is 10.6 Å². The second-order valence-corrected chi connectivity index (χ2v) is 8.87. The van der Waals surface area contributed by atoms with Gasteiger partial charge < -0.3 is 15.5 Å². The van der Waals surface area contributed by atoms with E-state index >= 15 is 0 Å². The van der Waals surface area contributed by atoms with Crippen molar-refractivity contribution in [2.75, 3.05) is 32.0 Å². The van der Waals surface area contributed by atoms with Crippen molar-refractivity contribution in [3.63, 3.8) is 0 Å². The summed E-state index contributed by atoms with van der Waals surface area (Å²) in [6, 6.07) is 6.72. The Bertz CT molecular complexity index is 1090. The number of anilines is 1. The molecular formula is C22H23ClF3N5O2. The number of halogens is 4. The summed E-state index contributed by atoms with van der Waals surface area (Å²) in [7, 11) is 1.60. The lowest BCUT2D eigenvalue weighted by Gasteiger charge is -2.32. The molecule has 33 heavy (non-hydrogen) atoms. The zero-order valence-corrected chi connectivity index (χ0v) is 18.8. The fourth-order valence-electron chi connectivity index (χ4n) is 4.46. The minimum absolute atomic E-state index is 0.0595. The number of hydrogen-bond donors (Lipinski definition) is 2. The Hall–Kier alpha value is -2.88.